The molecular formula is C23H27ClN4O. The van der Waals surface area contributed by atoms with E-state index in [1.165, 1.54) is 12.8 Å². The van der Waals surface area contributed by atoms with Gasteiger partial charge in [0.15, 0.2) is 0 Å². The normalized spacial score (nSPS) is 15.7. The van der Waals surface area contributed by atoms with Crippen molar-refractivity contribution in [3.8, 4) is 0 Å². The molecule has 3 aromatic rings. The Morgan fingerprint density at radius 3 is 2.59 bits per heavy atom. The van der Waals surface area contributed by atoms with Crippen LogP contribution in [0.3, 0.4) is 0 Å². The van der Waals surface area contributed by atoms with Crippen LogP contribution in [-0.2, 0) is 6.54 Å². The highest BCUT2D eigenvalue weighted by molar-refractivity contribution is 6.39. The van der Waals surface area contributed by atoms with E-state index < -0.39 is 0 Å². The SMILES string of the molecule is Cc1ccc(NC(=O)c2cnc3c(c(C)cn3CC3CCN(C)CC3)c2Cl)cc1. The molecule has 2 aromatic heterocycles. The van der Waals surface area contributed by atoms with Gasteiger partial charge in [0.25, 0.3) is 5.91 Å². The molecule has 0 aliphatic carbocycles. The Kier molecular flexibility index (Phi) is 5.61. The average Bonchev–Trinajstić information content (AvgIpc) is 3.02. The minimum atomic E-state index is -0.240. The van der Waals surface area contributed by atoms with Crippen LogP contribution in [0.25, 0.3) is 11.0 Å². The maximum Gasteiger partial charge on any atom is 0.258 e. The number of anilines is 1. The number of carbonyl (C=O) groups is 1. The number of hydrogen-bond donors (Lipinski definition) is 1. The fourth-order valence-corrected chi connectivity index (χ4v) is 4.43. The molecule has 1 aliphatic rings. The minimum Gasteiger partial charge on any atom is -0.332 e. The van der Waals surface area contributed by atoms with E-state index in [0.717, 1.165) is 47.5 Å². The zero-order chi connectivity index (χ0) is 20.5. The first-order chi connectivity index (χ1) is 13.9. The molecule has 1 N–H and O–H groups in total. The third kappa shape index (κ3) is 4.16. The number of aromatic nitrogens is 2. The van der Waals surface area contributed by atoms with Crippen molar-refractivity contribution in [3.63, 3.8) is 0 Å². The largest absolute Gasteiger partial charge is 0.332 e. The number of aryl methyl sites for hydroxylation is 2. The Balaban J connectivity index is 1.59. The summed E-state index contributed by atoms with van der Waals surface area (Å²) in [6, 6.07) is 7.70. The van der Waals surface area contributed by atoms with Crippen LogP contribution in [0.4, 0.5) is 5.69 Å². The molecule has 5 nitrogen and oxygen atoms in total. The van der Waals surface area contributed by atoms with Crippen LogP contribution in [-0.4, -0.2) is 40.5 Å². The van der Waals surface area contributed by atoms with Crippen molar-refractivity contribution in [2.45, 2.75) is 33.2 Å². The van der Waals surface area contributed by atoms with Crippen LogP contribution < -0.4 is 5.32 Å². The monoisotopic (exact) mass is 410 g/mol. The summed E-state index contributed by atoms with van der Waals surface area (Å²) in [4.78, 5) is 19.8. The van der Waals surface area contributed by atoms with Gasteiger partial charge in [-0.2, -0.15) is 0 Å². The summed E-state index contributed by atoms with van der Waals surface area (Å²) in [5.41, 5.74) is 4.20. The number of nitrogens with zero attached hydrogens (tertiary/aromatic N) is 3. The number of rotatable bonds is 4. The maximum atomic E-state index is 12.8. The Hall–Kier alpha value is -2.37. The molecular weight excluding hydrogens is 384 g/mol. The number of pyridine rings is 1. The fourth-order valence-electron chi connectivity index (χ4n) is 4.06. The standard InChI is InChI=1S/C23H27ClN4O/c1-15-4-6-18(7-5-15)26-23(29)19-12-25-22-20(21(19)24)16(2)13-28(22)14-17-8-10-27(3)11-9-17/h4-7,12-13,17H,8-11,14H2,1-3H3,(H,26,29). The third-order valence-corrected chi connectivity index (χ3v) is 6.25. The van der Waals surface area contributed by atoms with Crippen molar-refractivity contribution < 1.29 is 4.79 Å². The molecule has 6 heteroatoms. The molecule has 1 aromatic carbocycles. The molecule has 0 radical (unpaired) electrons. The zero-order valence-electron chi connectivity index (χ0n) is 17.2. The van der Waals surface area contributed by atoms with E-state index in [2.05, 4.69) is 33.0 Å². The first-order valence-electron chi connectivity index (χ1n) is 10.1. The number of amides is 1. The maximum absolute atomic E-state index is 12.8. The minimum absolute atomic E-state index is 0.240. The lowest BCUT2D eigenvalue weighted by Gasteiger charge is -2.29. The van der Waals surface area contributed by atoms with E-state index in [1.807, 2.05) is 38.1 Å². The van der Waals surface area contributed by atoms with Gasteiger partial charge in [-0.3, -0.25) is 4.79 Å². The van der Waals surface area contributed by atoms with Gasteiger partial charge in [-0.25, -0.2) is 4.98 Å². The number of fused-ring (bicyclic) bond motifs is 1. The predicted octanol–water partition coefficient (Wildman–Crippen LogP) is 4.90. The lowest BCUT2D eigenvalue weighted by atomic mass is 9.97. The van der Waals surface area contributed by atoms with E-state index in [4.69, 9.17) is 11.6 Å². The third-order valence-electron chi connectivity index (χ3n) is 5.86. The van der Waals surface area contributed by atoms with E-state index in [9.17, 15) is 4.79 Å². The Morgan fingerprint density at radius 2 is 1.90 bits per heavy atom. The summed E-state index contributed by atoms with van der Waals surface area (Å²) in [5, 5.41) is 4.26. The lowest BCUT2D eigenvalue weighted by molar-refractivity contribution is 0.102. The molecule has 152 valence electrons. The summed E-state index contributed by atoms with van der Waals surface area (Å²) in [7, 11) is 2.18. The van der Waals surface area contributed by atoms with Crippen molar-refractivity contribution in [1.29, 1.82) is 0 Å². The summed E-state index contributed by atoms with van der Waals surface area (Å²) < 4.78 is 2.20. The Morgan fingerprint density at radius 1 is 1.21 bits per heavy atom. The summed E-state index contributed by atoms with van der Waals surface area (Å²) in [6.45, 7) is 7.26. The van der Waals surface area contributed by atoms with Gasteiger partial charge in [0.1, 0.15) is 5.65 Å². The van der Waals surface area contributed by atoms with E-state index in [1.54, 1.807) is 6.20 Å². The number of halogens is 1. The molecule has 1 fully saturated rings. The van der Waals surface area contributed by atoms with Gasteiger partial charge < -0.3 is 14.8 Å². The van der Waals surface area contributed by atoms with Crippen LogP contribution in [0, 0.1) is 19.8 Å². The van der Waals surface area contributed by atoms with Gasteiger partial charge in [0.05, 0.1) is 10.6 Å². The molecule has 29 heavy (non-hydrogen) atoms. The molecule has 0 unspecified atom stereocenters. The highest BCUT2D eigenvalue weighted by Crippen LogP contribution is 2.31. The molecule has 0 spiro atoms. The van der Waals surface area contributed by atoms with Gasteiger partial charge in [0.2, 0.25) is 0 Å². The quantitative estimate of drug-likeness (QED) is 0.665. The first-order valence-corrected chi connectivity index (χ1v) is 10.5. The van der Waals surface area contributed by atoms with Gasteiger partial charge in [0, 0.05) is 30.0 Å². The highest BCUT2D eigenvalue weighted by atomic mass is 35.5. The van der Waals surface area contributed by atoms with Gasteiger partial charge in [-0.1, -0.05) is 29.3 Å². The molecule has 1 aliphatic heterocycles. The second kappa shape index (κ2) is 8.17. The van der Waals surface area contributed by atoms with E-state index in [0.29, 0.717) is 16.5 Å². The number of piperidine rings is 1. The number of carbonyl (C=O) groups excluding carboxylic acids is 1. The molecule has 0 saturated carbocycles. The van der Waals surface area contributed by atoms with Crippen LogP contribution in [0.2, 0.25) is 5.02 Å². The van der Waals surface area contributed by atoms with Gasteiger partial charge in [-0.05, 0) is 70.4 Å². The molecule has 1 saturated heterocycles. The average molecular weight is 411 g/mol. The van der Waals surface area contributed by atoms with Crippen molar-refractivity contribution >= 4 is 34.2 Å². The topological polar surface area (TPSA) is 50.2 Å². The second-order valence-electron chi connectivity index (χ2n) is 8.22. The van der Waals surface area contributed by atoms with Gasteiger partial charge in [-0.15, -0.1) is 0 Å². The first kappa shape index (κ1) is 19.9. The Labute approximate surface area is 176 Å². The van der Waals surface area contributed by atoms with Crippen LogP contribution in [0.5, 0.6) is 0 Å². The van der Waals surface area contributed by atoms with Crippen LogP contribution >= 0.6 is 11.6 Å². The van der Waals surface area contributed by atoms with Crippen LogP contribution in [0.1, 0.15) is 34.3 Å². The van der Waals surface area contributed by atoms with Gasteiger partial charge >= 0.3 is 0 Å². The number of likely N-dealkylation sites (tertiary alicyclic amines) is 1. The smallest absolute Gasteiger partial charge is 0.258 e. The molecule has 1 amide bonds. The summed E-state index contributed by atoms with van der Waals surface area (Å²) in [5.74, 6) is 0.405. The molecule has 3 heterocycles. The zero-order valence-corrected chi connectivity index (χ0v) is 18.0. The van der Waals surface area contributed by atoms with Crippen molar-refractivity contribution in [2.24, 2.45) is 5.92 Å². The fraction of sp³-hybridized carbons (Fsp3) is 0.391. The summed E-state index contributed by atoms with van der Waals surface area (Å²) >= 11 is 6.69. The second-order valence-corrected chi connectivity index (χ2v) is 8.59. The lowest BCUT2D eigenvalue weighted by Crippen LogP contribution is -2.31. The predicted molar refractivity (Wildman–Crippen MR) is 119 cm³/mol. The molecule has 0 bridgehead atoms. The molecule has 0 atom stereocenters. The van der Waals surface area contributed by atoms with Crippen molar-refractivity contribution in [1.82, 2.24) is 14.5 Å². The summed E-state index contributed by atoms with van der Waals surface area (Å²) in [6.07, 6.45) is 6.10. The number of benzene rings is 1. The van der Waals surface area contributed by atoms with Crippen molar-refractivity contribution in [2.75, 3.05) is 25.5 Å². The van der Waals surface area contributed by atoms with E-state index in [-0.39, 0.29) is 5.91 Å². The van der Waals surface area contributed by atoms with Crippen LogP contribution in [0.15, 0.2) is 36.7 Å². The highest BCUT2D eigenvalue weighted by Gasteiger charge is 2.21. The number of nitrogens with one attached hydrogen (secondary N) is 1. The molecule has 4 rings (SSSR count). The Bertz CT molecular complexity index is 1030. The van der Waals surface area contributed by atoms with E-state index >= 15 is 0 Å². The number of hydrogen-bond acceptors (Lipinski definition) is 3. The van der Waals surface area contributed by atoms with Crippen molar-refractivity contribution in [3.05, 3.63) is 58.4 Å².